The van der Waals surface area contributed by atoms with E-state index in [4.69, 9.17) is 0 Å². The monoisotopic (exact) mass is 185 g/mol. The zero-order valence-corrected chi connectivity index (χ0v) is 8.67. The molecule has 0 amide bonds. The smallest absolute Gasteiger partial charge is 0.309 e. The third-order valence-electron chi connectivity index (χ3n) is 1.90. The predicted octanol–water partition coefficient (Wildman–Crippen LogP) is 1.35. The molecule has 0 heterocycles. The third-order valence-corrected chi connectivity index (χ3v) is 1.90. The first-order valence-electron chi connectivity index (χ1n) is 4.54. The van der Waals surface area contributed by atoms with Crippen molar-refractivity contribution in [3.8, 4) is 0 Å². The second-order valence-corrected chi connectivity index (χ2v) is 3.26. The van der Waals surface area contributed by atoms with E-state index in [1.165, 1.54) is 7.11 Å². The molecule has 0 aliphatic heterocycles. The highest BCUT2D eigenvalue weighted by molar-refractivity contribution is 5.72. The molecule has 0 saturated heterocycles. The van der Waals surface area contributed by atoms with Crippen molar-refractivity contribution in [2.45, 2.75) is 26.3 Å². The Hall–Kier alpha value is -0.830. The average Bonchev–Trinajstić information content (AvgIpc) is 2.13. The molecule has 0 aliphatic carbocycles. The van der Waals surface area contributed by atoms with Gasteiger partial charge in [0.1, 0.15) is 0 Å². The fourth-order valence-electron chi connectivity index (χ4n) is 0.996. The summed E-state index contributed by atoms with van der Waals surface area (Å²) in [5.41, 5.74) is 0. The molecule has 13 heavy (non-hydrogen) atoms. The van der Waals surface area contributed by atoms with Crippen molar-refractivity contribution < 1.29 is 9.53 Å². The molecule has 0 radical (unpaired) electrons. The number of carbonyl (C=O) groups is 1. The summed E-state index contributed by atoms with van der Waals surface area (Å²) in [6.45, 7) is 8.21. The van der Waals surface area contributed by atoms with Crippen LogP contribution in [0.15, 0.2) is 12.7 Å². The highest BCUT2D eigenvalue weighted by atomic mass is 16.5. The normalized spacial score (nSPS) is 14.7. The van der Waals surface area contributed by atoms with Crippen molar-refractivity contribution in [2.75, 3.05) is 13.7 Å². The summed E-state index contributed by atoms with van der Waals surface area (Å²) in [6, 6.07) is 0.365. The zero-order chi connectivity index (χ0) is 10.3. The quantitative estimate of drug-likeness (QED) is 0.501. The Morgan fingerprint density at radius 2 is 2.23 bits per heavy atom. The van der Waals surface area contributed by atoms with Gasteiger partial charge < -0.3 is 10.1 Å². The third kappa shape index (κ3) is 5.42. The summed E-state index contributed by atoms with van der Waals surface area (Å²) in [7, 11) is 1.41. The van der Waals surface area contributed by atoms with Crippen molar-refractivity contribution in [1.82, 2.24) is 5.32 Å². The van der Waals surface area contributed by atoms with E-state index in [0.717, 1.165) is 6.42 Å². The van der Waals surface area contributed by atoms with Crippen LogP contribution < -0.4 is 5.32 Å². The number of methoxy groups -OCH3 is 1. The van der Waals surface area contributed by atoms with Crippen LogP contribution in [0.2, 0.25) is 0 Å². The van der Waals surface area contributed by atoms with Crippen LogP contribution in [-0.4, -0.2) is 25.7 Å². The molecule has 0 aromatic carbocycles. The Balaban J connectivity index is 3.62. The molecule has 0 bridgehead atoms. The van der Waals surface area contributed by atoms with Gasteiger partial charge in [-0.2, -0.15) is 0 Å². The van der Waals surface area contributed by atoms with Gasteiger partial charge in [0.15, 0.2) is 0 Å². The maximum Gasteiger partial charge on any atom is 0.309 e. The Bertz CT molecular complexity index is 168. The van der Waals surface area contributed by atoms with E-state index in [2.05, 4.69) is 23.6 Å². The Morgan fingerprint density at radius 3 is 2.69 bits per heavy atom. The maximum atomic E-state index is 11.0. The summed E-state index contributed by atoms with van der Waals surface area (Å²) < 4.78 is 4.61. The van der Waals surface area contributed by atoms with Crippen LogP contribution in [-0.2, 0) is 9.53 Å². The van der Waals surface area contributed by atoms with Crippen LogP contribution in [0, 0.1) is 5.92 Å². The molecule has 0 aromatic rings. The molecule has 2 atom stereocenters. The van der Waals surface area contributed by atoms with E-state index < -0.39 is 0 Å². The second kappa shape index (κ2) is 6.66. The number of hydrogen-bond donors (Lipinski definition) is 1. The van der Waals surface area contributed by atoms with E-state index in [1.54, 1.807) is 0 Å². The Kier molecular flexibility index (Phi) is 6.24. The van der Waals surface area contributed by atoms with E-state index in [1.807, 2.05) is 13.0 Å². The molecule has 0 aromatic heterocycles. The fourth-order valence-corrected chi connectivity index (χ4v) is 0.996. The van der Waals surface area contributed by atoms with Crippen LogP contribution in [0.4, 0.5) is 0 Å². The lowest BCUT2D eigenvalue weighted by molar-refractivity contribution is -0.144. The minimum Gasteiger partial charge on any atom is -0.469 e. The minimum absolute atomic E-state index is 0.0859. The Morgan fingerprint density at radius 1 is 1.62 bits per heavy atom. The molecule has 2 unspecified atom stereocenters. The minimum atomic E-state index is -0.168. The molecule has 0 saturated carbocycles. The summed E-state index contributed by atoms with van der Waals surface area (Å²) >= 11 is 0. The predicted molar refractivity (Wildman–Crippen MR) is 53.5 cm³/mol. The van der Waals surface area contributed by atoms with Gasteiger partial charge in [0, 0.05) is 12.6 Å². The number of rotatable bonds is 6. The molecule has 0 rings (SSSR count). The molecule has 1 N–H and O–H groups in total. The van der Waals surface area contributed by atoms with E-state index in [9.17, 15) is 4.79 Å². The molecular weight excluding hydrogens is 166 g/mol. The van der Waals surface area contributed by atoms with E-state index >= 15 is 0 Å². The zero-order valence-electron chi connectivity index (χ0n) is 8.67. The van der Waals surface area contributed by atoms with Gasteiger partial charge in [-0.25, -0.2) is 0 Å². The van der Waals surface area contributed by atoms with Crippen LogP contribution >= 0.6 is 0 Å². The van der Waals surface area contributed by atoms with Gasteiger partial charge >= 0.3 is 5.97 Å². The van der Waals surface area contributed by atoms with Crippen molar-refractivity contribution in [3.63, 3.8) is 0 Å². The first-order valence-corrected chi connectivity index (χ1v) is 4.54. The summed E-state index contributed by atoms with van der Waals surface area (Å²) in [5, 5.41) is 3.23. The van der Waals surface area contributed by atoms with Crippen LogP contribution in [0.5, 0.6) is 0 Å². The van der Waals surface area contributed by atoms with Gasteiger partial charge in [0.2, 0.25) is 0 Å². The first-order chi connectivity index (χ1) is 6.11. The number of carbonyl (C=O) groups excluding carboxylic acids is 1. The lowest BCUT2D eigenvalue weighted by Crippen LogP contribution is -2.33. The molecular formula is C10H19NO2. The fraction of sp³-hybridized carbons (Fsp3) is 0.700. The lowest BCUT2D eigenvalue weighted by atomic mass is 10.1. The molecule has 76 valence electrons. The first kappa shape index (κ1) is 12.2. The van der Waals surface area contributed by atoms with Gasteiger partial charge in [-0.15, -0.1) is 6.58 Å². The average molecular weight is 185 g/mol. The number of nitrogens with one attached hydrogen (secondary N) is 1. The highest BCUT2D eigenvalue weighted by Gasteiger charge is 2.12. The number of ether oxygens (including phenoxy) is 1. The van der Waals surface area contributed by atoms with Crippen molar-refractivity contribution in [1.29, 1.82) is 0 Å². The molecule has 0 spiro atoms. The van der Waals surface area contributed by atoms with Crippen LogP contribution in [0.25, 0.3) is 0 Å². The SMILES string of the molecule is C=CCC(C)NCC(C)C(=O)OC. The largest absolute Gasteiger partial charge is 0.469 e. The molecule has 3 heteroatoms. The Labute approximate surface area is 80.2 Å². The van der Waals surface area contributed by atoms with Gasteiger partial charge in [-0.3, -0.25) is 4.79 Å². The summed E-state index contributed by atoms with van der Waals surface area (Å²) in [6.07, 6.45) is 2.77. The molecule has 0 aliphatic rings. The number of esters is 1. The van der Waals surface area contributed by atoms with Crippen molar-refractivity contribution >= 4 is 5.97 Å². The summed E-state index contributed by atoms with van der Waals surface area (Å²) in [4.78, 5) is 11.0. The van der Waals surface area contributed by atoms with Gasteiger partial charge in [0.25, 0.3) is 0 Å². The summed E-state index contributed by atoms with van der Waals surface area (Å²) in [5.74, 6) is -0.254. The second-order valence-electron chi connectivity index (χ2n) is 3.26. The van der Waals surface area contributed by atoms with Crippen molar-refractivity contribution in [3.05, 3.63) is 12.7 Å². The van der Waals surface area contributed by atoms with E-state index in [0.29, 0.717) is 12.6 Å². The topological polar surface area (TPSA) is 38.3 Å². The van der Waals surface area contributed by atoms with Crippen LogP contribution in [0.1, 0.15) is 20.3 Å². The standard InChI is InChI=1S/C10H19NO2/c1-5-6-9(3)11-7-8(2)10(12)13-4/h5,8-9,11H,1,6-7H2,2-4H3. The lowest BCUT2D eigenvalue weighted by Gasteiger charge is -2.14. The highest BCUT2D eigenvalue weighted by Crippen LogP contribution is 1.97. The van der Waals surface area contributed by atoms with E-state index in [-0.39, 0.29) is 11.9 Å². The van der Waals surface area contributed by atoms with Crippen molar-refractivity contribution in [2.24, 2.45) is 5.92 Å². The van der Waals surface area contributed by atoms with Gasteiger partial charge in [-0.05, 0) is 13.3 Å². The maximum absolute atomic E-state index is 11.0. The number of hydrogen-bond acceptors (Lipinski definition) is 3. The van der Waals surface area contributed by atoms with Gasteiger partial charge in [0.05, 0.1) is 13.0 Å². The van der Waals surface area contributed by atoms with Gasteiger partial charge in [-0.1, -0.05) is 13.0 Å². The molecule has 0 fully saturated rings. The molecule has 3 nitrogen and oxygen atoms in total. The van der Waals surface area contributed by atoms with Crippen LogP contribution in [0.3, 0.4) is 0 Å².